The van der Waals surface area contributed by atoms with Crippen LogP contribution in [0.3, 0.4) is 0 Å². The molecule has 0 amide bonds. The minimum atomic E-state index is 0.131. The van der Waals surface area contributed by atoms with Crippen molar-refractivity contribution in [3.8, 4) is 0 Å². The van der Waals surface area contributed by atoms with Crippen molar-refractivity contribution >= 4 is 69.9 Å². The Labute approximate surface area is 174 Å². The van der Waals surface area contributed by atoms with Gasteiger partial charge in [-0.05, 0) is 36.4 Å². The van der Waals surface area contributed by atoms with Crippen LogP contribution in [-0.2, 0) is 6.54 Å². The highest BCUT2D eigenvalue weighted by Gasteiger charge is 2.17. The van der Waals surface area contributed by atoms with Crippen LogP contribution >= 0.6 is 69.9 Å². The summed E-state index contributed by atoms with van der Waals surface area (Å²) in [6, 6.07) is 11.0. The lowest BCUT2D eigenvalue weighted by molar-refractivity contribution is 0.750. The first kappa shape index (κ1) is 19.3. The topological polar surface area (TPSA) is 17.8 Å². The van der Waals surface area contributed by atoms with Gasteiger partial charge in [0, 0.05) is 38.8 Å². The Morgan fingerprint density at radius 1 is 0.880 bits per heavy atom. The molecule has 0 atom stereocenters. The number of hydrogen-bond acceptors (Lipinski definition) is 3. The van der Waals surface area contributed by atoms with E-state index in [0.717, 1.165) is 16.3 Å². The summed E-state index contributed by atoms with van der Waals surface area (Å²) in [6.07, 6.45) is 5.49. The summed E-state index contributed by atoms with van der Waals surface area (Å²) in [5, 5.41) is 2.51. The van der Waals surface area contributed by atoms with Gasteiger partial charge in [-0.25, -0.2) is 4.98 Å². The van der Waals surface area contributed by atoms with Gasteiger partial charge in [-0.2, -0.15) is 0 Å². The van der Waals surface area contributed by atoms with Gasteiger partial charge in [0.25, 0.3) is 0 Å². The van der Waals surface area contributed by atoms with Gasteiger partial charge in [-0.1, -0.05) is 46.4 Å². The molecule has 130 valence electrons. The summed E-state index contributed by atoms with van der Waals surface area (Å²) >= 11 is 28.0. The lowest BCUT2D eigenvalue weighted by Crippen LogP contribution is -2.08. The summed E-state index contributed by atoms with van der Waals surface area (Å²) in [7, 11) is 0. The fourth-order valence-electron chi connectivity index (χ4n) is 2.09. The van der Waals surface area contributed by atoms with Gasteiger partial charge in [-0.15, -0.1) is 23.5 Å². The Balaban J connectivity index is 1.83. The quantitative estimate of drug-likeness (QED) is 0.288. The maximum atomic E-state index is 6.33. The minimum absolute atomic E-state index is 0.131. The number of benzene rings is 2. The predicted octanol–water partition coefficient (Wildman–Crippen LogP) is 7.41. The molecule has 0 aliphatic heterocycles. The molecule has 2 nitrogen and oxygen atoms in total. The maximum Gasteiger partial charge on any atom is 0.0946 e. The summed E-state index contributed by atoms with van der Waals surface area (Å²) in [6.45, 7) is 0.743. The number of nitrogens with zero attached hydrogens (tertiary/aromatic N) is 2. The molecule has 25 heavy (non-hydrogen) atoms. The highest BCUT2D eigenvalue weighted by molar-refractivity contribution is 8.17. The SMILES string of the molecule is Clc1ccc(SC(Cn2ccnc2)Sc2ccc(Cl)cc2Cl)c(Cl)c1. The fourth-order valence-corrected chi connectivity index (χ4v) is 5.68. The van der Waals surface area contributed by atoms with Crippen LogP contribution in [0.4, 0.5) is 0 Å². The molecular weight excluding hydrogens is 438 g/mol. The van der Waals surface area contributed by atoms with E-state index in [-0.39, 0.29) is 4.58 Å². The van der Waals surface area contributed by atoms with Crippen molar-refractivity contribution in [3.05, 3.63) is 75.2 Å². The second-order valence-corrected chi connectivity index (χ2v) is 9.55. The van der Waals surface area contributed by atoms with Crippen LogP contribution < -0.4 is 0 Å². The van der Waals surface area contributed by atoms with Crippen LogP contribution in [0.25, 0.3) is 0 Å². The van der Waals surface area contributed by atoms with Crippen molar-refractivity contribution in [2.75, 3.05) is 0 Å². The van der Waals surface area contributed by atoms with E-state index in [9.17, 15) is 0 Å². The number of imidazole rings is 1. The smallest absolute Gasteiger partial charge is 0.0946 e. The first-order chi connectivity index (χ1) is 12.0. The van der Waals surface area contributed by atoms with Crippen molar-refractivity contribution in [1.82, 2.24) is 9.55 Å². The van der Waals surface area contributed by atoms with Crippen molar-refractivity contribution < 1.29 is 0 Å². The molecule has 3 aromatic rings. The fraction of sp³-hybridized carbons (Fsp3) is 0.118. The lowest BCUT2D eigenvalue weighted by Gasteiger charge is -2.18. The minimum Gasteiger partial charge on any atom is -0.336 e. The van der Waals surface area contributed by atoms with Crippen molar-refractivity contribution in [2.24, 2.45) is 0 Å². The Bertz CT molecular complexity index is 802. The number of halogens is 4. The third-order valence-corrected chi connectivity index (χ3v) is 7.16. The Hall–Kier alpha value is -0.490. The van der Waals surface area contributed by atoms with E-state index in [4.69, 9.17) is 46.4 Å². The maximum absolute atomic E-state index is 6.33. The van der Waals surface area contributed by atoms with Crippen LogP contribution in [0.15, 0.2) is 64.9 Å². The van der Waals surface area contributed by atoms with Gasteiger partial charge < -0.3 is 4.57 Å². The molecule has 3 rings (SSSR count). The Kier molecular flexibility index (Phi) is 6.89. The van der Waals surface area contributed by atoms with Crippen LogP contribution in [0.5, 0.6) is 0 Å². The average molecular weight is 450 g/mol. The third kappa shape index (κ3) is 5.49. The summed E-state index contributed by atoms with van der Waals surface area (Å²) < 4.78 is 2.16. The molecule has 0 unspecified atom stereocenters. The second kappa shape index (κ2) is 8.94. The zero-order chi connectivity index (χ0) is 17.8. The molecule has 0 spiro atoms. The van der Waals surface area contributed by atoms with E-state index in [2.05, 4.69) is 4.98 Å². The molecule has 0 N–H and O–H groups in total. The normalized spacial score (nSPS) is 11.2. The van der Waals surface area contributed by atoms with E-state index < -0.39 is 0 Å². The Morgan fingerprint density at radius 3 is 1.88 bits per heavy atom. The van der Waals surface area contributed by atoms with Crippen molar-refractivity contribution in [2.45, 2.75) is 20.9 Å². The van der Waals surface area contributed by atoms with Crippen LogP contribution in [0.1, 0.15) is 0 Å². The lowest BCUT2D eigenvalue weighted by atomic mass is 10.4. The molecule has 0 aliphatic rings. The monoisotopic (exact) mass is 448 g/mol. The third-order valence-electron chi connectivity index (χ3n) is 3.22. The summed E-state index contributed by atoms with van der Waals surface area (Å²) in [5.74, 6) is 0. The molecular formula is C17H12Cl4N2S2. The van der Waals surface area contributed by atoms with E-state index in [1.165, 1.54) is 0 Å². The van der Waals surface area contributed by atoms with Crippen LogP contribution in [0, 0.1) is 0 Å². The average Bonchev–Trinajstić information content (AvgIpc) is 3.05. The largest absolute Gasteiger partial charge is 0.336 e. The van der Waals surface area contributed by atoms with Crippen LogP contribution in [0.2, 0.25) is 20.1 Å². The number of aromatic nitrogens is 2. The molecule has 8 heteroatoms. The standard InChI is InChI=1S/C17H12Cl4N2S2/c18-11-1-3-15(13(20)7-11)24-17(9-23-6-5-22-10-23)25-16-4-2-12(19)8-14(16)21/h1-8,10,17H,9H2. The molecule has 0 aliphatic carbocycles. The zero-order valence-corrected chi connectivity index (χ0v) is 17.4. The van der Waals surface area contributed by atoms with Gasteiger partial charge in [0.1, 0.15) is 0 Å². The molecule has 0 radical (unpaired) electrons. The number of rotatable bonds is 6. The summed E-state index contributed by atoms with van der Waals surface area (Å²) in [4.78, 5) is 6.04. The first-order valence-corrected chi connectivity index (χ1v) is 10.5. The van der Waals surface area contributed by atoms with E-state index >= 15 is 0 Å². The summed E-state index contributed by atoms with van der Waals surface area (Å²) in [5.41, 5.74) is 0. The van der Waals surface area contributed by atoms with Gasteiger partial charge in [0.2, 0.25) is 0 Å². The highest BCUT2D eigenvalue weighted by atomic mass is 35.5. The van der Waals surface area contributed by atoms with E-state index in [1.54, 1.807) is 48.2 Å². The zero-order valence-electron chi connectivity index (χ0n) is 12.7. The van der Waals surface area contributed by atoms with Gasteiger partial charge in [0.15, 0.2) is 0 Å². The molecule has 0 fully saturated rings. The first-order valence-electron chi connectivity index (χ1n) is 7.20. The van der Waals surface area contributed by atoms with Gasteiger partial charge >= 0.3 is 0 Å². The van der Waals surface area contributed by atoms with Gasteiger partial charge in [-0.3, -0.25) is 0 Å². The molecule has 1 aromatic heterocycles. The second-order valence-electron chi connectivity index (χ2n) is 5.07. The van der Waals surface area contributed by atoms with Crippen molar-refractivity contribution in [1.29, 1.82) is 0 Å². The number of hydrogen-bond donors (Lipinski definition) is 0. The number of thioether (sulfide) groups is 2. The van der Waals surface area contributed by atoms with E-state index in [0.29, 0.717) is 20.1 Å². The predicted molar refractivity (Wildman–Crippen MR) is 111 cm³/mol. The molecule has 0 bridgehead atoms. The molecule has 1 heterocycles. The van der Waals surface area contributed by atoms with Crippen LogP contribution in [-0.4, -0.2) is 14.1 Å². The molecule has 2 aromatic carbocycles. The Morgan fingerprint density at radius 2 is 1.44 bits per heavy atom. The highest BCUT2D eigenvalue weighted by Crippen LogP contribution is 2.42. The molecule has 0 saturated heterocycles. The molecule has 0 saturated carbocycles. The van der Waals surface area contributed by atoms with E-state index in [1.807, 2.05) is 35.0 Å². The van der Waals surface area contributed by atoms with Gasteiger partial charge in [0.05, 0.1) is 21.0 Å². The van der Waals surface area contributed by atoms with Crippen molar-refractivity contribution in [3.63, 3.8) is 0 Å².